The third-order valence-electron chi connectivity index (χ3n) is 10.5. The first-order valence-corrected chi connectivity index (χ1v) is 16.0. The molecule has 0 amide bonds. The molecule has 0 radical (unpaired) electrons. The molecule has 3 aliphatic heterocycles. The Morgan fingerprint density at radius 3 is 2.26 bits per heavy atom. The third-order valence-corrected chi connectivity index (χ3v) is 10.5. The lowest BCUT2D eigenvalue weighted by molar-refractivity contribution is -0.178. The molecule has 4 bridgehead atoms. The second-order valence-electron chi connectivity index (χ2n) is 15.2. The third kappa shape index (κ3) is 4.25. The normalized spacial score (nSPS) is 30.8. The van der Waals surface area contributed by atoms with Crippen molar-refractivity contribution in [2.75, 3.05) is 0 Å². The minimum atomic E-state index is -1.69. The molecule has 1 aromatic carbocycles. The maximum absolute atomic E-state index is 15.1. The van der Waals surface area contributed by atoms with Gasteiger partial charge in [0.2, 0.25) is 0 Å². The highest BCUT2D eigenvalue weighted by molar-refractivity contribution is 6.19. The number of phenolic OH excluding ortho intramolecular Hbond substituents is 1. The number of carboxylic acid groups (broad SMARTS) is 1. The fourth-order valence-electron chi connectivity index (χ4n) is 8.21. The number of fused-ring (bicyclic) bond motifs is 2. The zero-order valence-electron chi connectivity index (χ0n) is 28.2. The summed E-state index contributed by atoms with van der Waals surface area (Å²) in [5.41, 5.74) is -2.43. The van der Waals surface area contributed by atoms with Crippen LogP contribution < -0.4 is 9.47 Å². The van der Waals surface area contributed by atoms with Gasteiger partial charge in [0.05, 0.1) is 16.6 Å². The molecule has 0 unspecified atom stereocenters. The van der Waals surface area contributed by atoms with Gasteiger partial charge in [0.25, 0.3) is 0 Å². The van der Waals surface area contributed by atoms with Crippen LogP contribution in [-0.4, -0.2) is 50.2 Å². The number of benzene rings is 1. The van der Waals surface area contributed by atoms with Gasteiger partial charge < -0.3 is 24.4 Å². The maximum Gasteiger partial charge on any atom is 0.330 e. The highest BCUT2D eigenvalue weighted by Gasteiger charge is 2.84. The van der Waals surface area contributed by atoms with Gasteiger partial charge in [-0.2, -0.15) is 0 Å². The Balaban J connectivity index is 1.70. The molecule has 3 heterocycles. The van der Waals surface area contributed by atoms with Crippen molar-refractivity contribution >= 4 is 23.6 Å². The molecule has 46 heavy (non-hydrogen) atoms. The summed E-state index contributed by atoms with van der Waals surface area (Å²) in [5.74, 6) is -1.80. The predicted octanol–water partition coefficient (Wildman–Crippen LogP) is 7.24. The van der Waals surface area contributed by atoms with Crippen LogP contribution in [0, 0.1) is 11.3 Å². The molecule has 6 aliphatic rings. The van der Waals surface area contributed by atoms with Gasteiger partial charge >= 0.3 is 5.97 Å². The number of carbonyl (C=O) groups is 3. The predicted molar refractivity (Wildman–Crippen MR) is 174 cm³/mol. The molecule has 4 atom stereocenters. The number of aliphatic carboxylic acids is 1. The summed E-state index contributed by atoms with van der Waals surface area (Å²) in [6, 6.07) is 0. The molecule has 8 nitrogen and oxygen atoms in total. The van der Waals surface area contributed by atoms with Crippen molar-refractivity contribution in [3.05, 3.63) is 69.4 Å². The van der Waals surface area contributed by atoms with E-state index in [1.807, 2.05) is 73.6 Å². The number of allylic oxidation sites excluding steroid dienone is 5. The molecule has 0 aromatic heterocycles. The molecule has 1 saturated carbocycles. The smallest absolute Gasteiger partial charge is 0.330 e. The van der Waals surface area contributed by atoms with E-state index in [1.165, 1.54) is 13.0 Å². The van der Waals surface area contributed by atoms with Crippen molar-refractivity contribution in [1.29, 1.82) is 0 Å². The number of rotatable bonds is 7. The quantitative estimate of drug-likeness (QED) is 0.240. The fourth-order valence-corrected chi connectivity index (χ4v) is 8.21. The lowest BCUT2D eigenvalue weighted by Crippen LogP contribution is -2.74. The van der Waals surface area contributed by atoms with Crippen LogP contribution in [0.2, 0.25) is 0 Å². The molecule has 1 spiro atoms. The molecule has 1 aromatic rings. The summed E-state index contributed by atoms with van der Waals surface area (Å²) in [5, 5.41) is 21.5. The van der Waals surface area contributed by atoms with E-state index < -0.39 is 45.5 Å². The lowest BCUT2D eigenvalue weighted by Gasteiger charge is -2.60. The summed E-state index contributed by atoms with van der Waals surface area (Å²) in [7, 11) is 0. The molecule has 2 fully saturated rings. The van der Waals surface area contributed by atoms with Crippen molar-refractivity contribution in [1.82, 2.24) is 0 Å². The average molecular weight is 629 g/mol. The lowest BCUT2D eigenvalue weighted by atomic mass is 9.45. The fraction of sp³-hybridized carbons (Fsp3) is 0.500. The SMILES string of the molecule is CC(C)=CCc1c2c(c(O)c3c1O[C@@]14C(=C[C@@]5(CC=C(C)C)C[C@@H]1C(C)(C)O[C@]4(CC=C(C)C(=O)O)C5=O)C3=O)C=CC(C)(C)O2. The molecule has 1 saturated heterocycles. The van der Waals surface area contributed by atoms with Crippen LogP contribution >= 0.6 is 0 Å². The van der Waals surface area contributed by atoms with E-state index in [0.29, 0.717) is 36.1 Å². The monoisotopic (exact) mass is 628 g/mol. The van der Waals surface area contributed by atoms with E-state index in [9.17, 15) is 19.8 Å². The Labute approximate surface area is 270 Å². The first-order valence-electron chi connectivity index (χ1n) is 16.0. The highest BCUT2D eigenvalue weighted by atomic mass is 16.6. The number of hydrogen-bond donors (Lipinski definition) is 2. The van der Waals surface area contributed by atoms with Crippen LogP contribution in [0.4, 0.5) is 0 Å². The number of carboxylic acids is 1. The Hall–Kier alpha value is -3.91. The molecule has 8 heteroatoms. The Bertz CT molecular complexity index is 1760. The minimum absolute atomic E-state index is 0.0442. The number of aromatic hydroxyl groups is 1. The largest absolute Gasteiger partial charge is 0.506 e. The van der Waals surface area contributed by atoms with Gasteiger partial charge in [-0.15, -0.1) is 0 Å². The van der Waals surface area contributed by atoms with E-state index in [1.54, 1.807) is 12.2 Å². The molecule has 7 rings (SSSR count). The van der Waals surface area contributed by atoms with E-state index in [0.717, 1.165) is 11.1 Å². The average Bonchev–Trinajstić information content (AvgIpc) is 3.11. The summed E-state index contributed by atoms with van der Waals surface area (Å²) >= 11 is 0. The van der Waals surface area contributed by atoms with Crippen molar-refractivity contribution in [2.45, 2.75) is 110 Å². The zero-order chi connectivity index (χ0) is 33.8. The minimum Gasteiger partial charge on any atom is -0.506 e. The van der Waals surface area contributed by atoms with Crippen molar-refractivity contribution in [2.24, 2.45) is 11.3 Å². The number of phenols is 1. The van der Waals surface area contributed by atoms with E-state index in [-0.39, 0.29) is 40.4 Å². The zero-order valence-corrected chi connectivity index (χ0v) is 28.2. The number of ketones is 2. The van der Waals surface area contributed by atoms with Gasteiger partial charge in [-0.25, -0.2) is 4.79 Å². The highest BCUT2D eigenvalue weighted by Crippen LogP contribution is 2.72. The van der Waals surface area contributed by atoms with Crippen LogP contribution in [0.1, 0.15) is 103 Å². The van der Waals surface area contributed by atoms with Crippen molar-refractivity contribution in [3.63, 3.8) is 0 Å². The van der Waals surface area contributed by atoms with Crippen molar-refractivity contribution < 1.29 is 38.8 Å². The summed E-state index contributed by atoms with van der Waals surface area (Å²) in [4.78, 5) is 42.0. The molecule has 244 valence electrons. The van der Waals surface area contributed by atoms with Crippen LogP contribution in [-0.2, 0) is 20.7 Å². The van der Waals surface area contributed by atoms with E-state index >= 15 is 4.79 Å². The van der Waals surface area contributed by atoms with Gasteiger partial charge in [-0.1, -0.05) is 35.5 Å². The number of hydrogen-bond acceptors (Lipinski definition) is 7. The summed E-state index contributed by atoms with van der Waals surface area (Å²) < 4.78 is 20.5. The first kappa shape index (κ1) is 32.0. The molecule has 3 aliphatic carbocycles. The number of carbonyl (C=O) groups excluding carboxylic acids is 2. The van der Waals surface area contributed by atoms with Crippen molar-refractivity contribution in [3.8, 4) is 17.2 Å². The van der Waals surface area contributed by atoms with Crippen LogP contribution in [0.15, 0.2) is 52.7 Å². The van der Waals surface area contributed by atoms with Crippen LogP contribution in [0.25, 0.3) is 6.08 Å². The molecule has 2 N–H and O–H groups in total. The van der Waals surface area contributed by atoms with E-state index in [2.05, 4.69) is 0 Å². The molecular weight excluding hydrogens is 584 g/mol. The maximum atomic E-state index is 15.1. The van der Waals surface area contributed by atoms with Gasteiger partial charge in [0.15, 0.2) is 22.8 Å². The summed E-state index contributed by atoms with van der Waals surface area (Å²) in [6.07, 6.45) is 12.0. The Morgan fingerprint density at radius 1 is 0.957 bits per heavy atom. The van der Waals surface area contributed by atoms with Gasteiger partial charge in [0, 0.05) is 29.0 Å². The Kier molecular flexibility index (Phi) is 7.00. The second kappa shape index (κ2) is 10.0. The Morgan fingerprint density at radius 2 is 1.63 bits per heavy atom. The number of Topliss-reactive ketones (excluding diaryl/α,β-unsaturated/α-hetero) is 2. The van der Waals surface area contributed by atoms with Crippen LogP contribution in [0.5, 0.6) is 17.2 Å². The van der Waals surface area contributed by atoms with Gasteiger partial charge in [0.1, 0.15) is 28.4 Å². The van der Waals surface area contributed by atoms with Gasteiger partial charge in [-0.3, -0.25) is 9.59 Å². The molecular formula is C38H44O8. The second-order valence-corrected chi connectivity index (χ2v) is 15.2. The summed E-state index contributed by atoms with van der Waals surface area (Å²) in [6.45, 7) is 17.0. The topological polar surface area (TPSA) is 119 Å². The standard InChI is InChI=1S/C38H44O8/c1-20(2)10-11-24-30-23(14-15-34(6,7)44-30)28(39)27-29(40)25-18-36(16-12-21(3)4)19-26-35(8,9)46-37(33(36)43,17-13-22(5)32(41)42)38(25,26)45-31(24)27/h10,12-15,18,26,39H,11,16-17,19H2,1-9H3,(H,41,42)/t26-,36+,37-,38+/m1/s1. The van der Waals surface area contributed by atoms with E-state index in [4.69, 9.17) is 14.2 Å². The first-order chi connectivity index (χ1) is 21.3. The van der Waals surface area contributed by atoms with Crippen LogP contribution in [0.3, 0.4) is 0 Å². The van der Waals surface area contributed by atoms with Gasteiger partial charge in [-0.05, 0) is 93.7 Å². The number of ether oxygens (including phenoxy) is 3.